The SMILES string of the molecule is COc1c(I)ccc(Br)c1N. The first-order valence-electron chi connectivity index (χ1n) is 2.94. The predicted octanol–water partition coefficient (Wildman–Crippen LogP) is 2.64. The van der Waals surface area contributed by atoms with Crippen LogP contribution in [-0.2, 0) is 0 Å². The average molecular weight is 328 g/mol. The van der Waals surface area contributed by atoms with E-state index in [1.54, 1.807) is 7.11 Å². The lowest BCUT2D eigenvalue weighted by molar-refractivity contribution is 0.414. The number of ether oxygens (including phenoxy) is 1. The Kier molecular flexibility index (Phi) is 3.00. The molecule has 2 N–H and O–H groups in total. The summed E-state index contributed by atoms with van der Waals surface area (Å²) in [5.41, 5.74) is 6.37. The maximum Gasteiger partial charge on any atom is 0.156 e. The van der Waals surface area contributed by atoms with Crippen LogP contribution in [0.1, 0.15) is 0 Å². The molecule has 0 bridgehead atoms. The number of halogens is 2. The van der Waals surface area contributed by atoms with Gasteiger partial charge in [0.1, 0.15) is 0 Å². The van der Waals surface area contributed by atoms with Crippen molar-refractivity contribution in [2.24, 2.45) is 0 Å². The minimum Gasteiger partial charge on any atom is -0.493 e. The number of hydrogen-bond donors (Lipinski definition) is 1. The summed E-state index contributed by atoms with van der Waals surface area (Å²) in [4.78, 5) is 0. The van der Waals surface area contributed by atoms with Crippen molar-refractivity contribution >= 4 is 44.2 Å². The zero-order valence-electron chi connectivity index (χ0n) is 5.90. The highest BCUT2D eigenvalue weighted by molar-refractivity contribution is 14.1. The van der Waals surface area contributed by atoms with Gasteiger partial charge in [-0.3, -0.25) is 0 Å². The quantitative estimate of drug-likeness (QED) is 0.635. The van der Waals surface area contributed by atoms with Gasteiger partial charge in [-0.2, -0.15) is 0 Å². The van der Waals surface area contributed by atoms with E-state index in [0.717, 1.165) is 13.8 Å². The van der Waals surface area contributed by atoms with Gasteiger partial charge in [0.05, 0.1) is 16.4 Å². The van der Waals surface area contributed by atoms with Gasteiger partial charge in [-0.05, 0) is 50.7 Å². The van der Waals surface area contributed by atoms with Crippen LogP contribution in [0.3, 0.4) is 0 Å². The summed E-state index contributed by atoms with van der Waals surface area (Å²) in [5.74, 6) is 0.736. The average Bonchev–Trinajstić information content (AvgIpc) is 1.99. The standard InChI is InChI=1S/C7H7BrINO/c1-11-7-5(9)3-2-4(8)6(7)10/h2-3H,10H2,1H3. The van der Waals surface area contributed by atoms with Crippen LogP contribution < -0.4 is 10.5 Å². The van der Waals surface area contributed by atoms with Crippen molar-refractivity contribution in [1.82, 2.24) is 0 Å². The number of anilines is 1. The minimum atomic E-state index is 0.652. The van der Waals surface area contributed by atoms with Gasteiger partial charge in [0.2, 0.25) is 0 Å². The molecule has 0 fully saturated rings. The summed E-state index contributed by atoms with van der Waals surface area (Å²) >= 11 is 5.49. The summed E-state index contributed by atoms with van der Waals surface area (Å²) in [6.07, 6.45) is 0. The first kappa shape index (κ1) is 9.12. The molecule has 0 spiro atoms. The molecule has 0 aliphatic rings. The highest BCUT2D eigenvalue weighted by Gasteiger charge is 2.06. The van der Waals surface area contributed by atoms with Crippen molar-refractivity contribution in [2.45, 2.75) is 0 Å². The second-order valence-corrected chi connectivity index (χ2v) is 3.99. The Labute approximate surface area is 87.4 Å². The van der Waals surface area contributed by atoms with Crippen molar-refractivity contribution in [3.63, 3.8) is 0 Å². The summed E-state index contributed by atoms with van der Waals surface area (Å²) in [5, 5.41) is 0. The molecule has 0 saturated carbocycles. The molecule has 2 nitrogen and oxygen atoms in total. The lowest BCUT2D eigenvalue weighted by Gasteiger charge is -2.07. The minimum absolute atomic E-state index is 0.652. The van der Waals surface area contributed by atoms with Gasteiger partial charge >= 0.3 is 0 Å². The van der Waals surface area contributed by atoms with E-state index < -0.39 is 0 Å². The number of rotatable bonds is 1. The molecule has 0 radical (unpaired) electrons. The Morgan fingerprint density at radius 2 is 2.18 bits per heavy atom. The lowest BCUT2D eigenvalue weighted by atomic mass is 10.3. The van der Waals surface area contributed by atoms with E-state index in [1.807, 2.05) is 12.1 Å². The van der Waals surface area contributed by atoms with E-state index in [4.69, 9.17) is 10.5 Å². The van der Waals surface area contributed by atoms with Crippen LogP contribution in [0.5, 0.6) is 5.75 Å². The number of benzene rings is 1. The summed E-state index contributed by atoms with van der Waals surface area (Å²) in [6, 6.07) is 3.85. The highest BCUT2D eigenvalue weighted by Crippen LogP contribution is 2.33. The first-order valence-corrected chi connectivity index (χ1v) is 4.81. The molecule has 1 aromatic rings. The smallest absolute Gasteiger partial charge is 0.156 e. The topological polar surface area (TPSA) is 35.2 Å². The Balaban J connectivity index is 3.29. The molecule has 0 unspecified atom stereocenters. The number of methoxy groups -OCH3 is 1. The molecule has 4 heteroatoms. The Morgan fingerprint density at radius 1 is 1.55 bits per heavy atom. The van der Waals surface area contributed by atoms with E-state index >= 15 is 0 Å². The fourth-order valence-electron chi connectivity index (χ4n) is 0.756. The van der Waals surface area contributed by atoms with Crippen molar-refractivity contribution in [3.8, 4) is 5.75 Å². The van der Waals surface area contributed by atoms with Crippen molar-refractivity contribution < 1.29 is 4.74 Å². The zero-order chi connectivity index (χ0) is 8.43. The monoisotopic (exact) mass is 327 g/mol. The molecule has 1 aromatic carbocycles. The van der Waals surface area contributed by atoms with Crippen LogP contribution in [0.25, 0.3) is 0 Å². The highest BCUT2D eigenvalue weighted by atomic mass is 127. The third-order valence-corrected chi connectivity index (χ3v) is 2.84. The molecule has 11 heavy (non-hydrogen) atoms. The van der Waals surface area contributed by atoms with Crippen molar-refractivity contribution in [3.05, 3.63) is 20.2 Å². The number of nitrogen functional groups attached to an aromatic ring is 1. The van der Waals surface area contributed by atoms with E-state index in [1.165, 1.54) is 0 Å². The number of nitrogens with two attached hydrogens (primary N) is 1. The molecular weight excluding hydrogens is 321 g/mol. The van der Waals surface area contributed by atoms with Gasteiger partial charge in [0.15, 0.2) is 5.75 Å². The van der Waals surface area contributed by atoms with Gasteiger partial charge in [-0.25, -0.2) is 0 Å². The molecule has 1 rings (SSSR count). The molecule has 0 saturated heterocycles. The summed E-state index contributed by atoms with van der Waals surface area (Å²) in [7, 11) is 1.61. The van der Waals surface area contributed by atoms with Gasteiger partial charge in [-0.1, -0.05) is 0 Å². The molecule has 0 aliphatic carbocycles. The van der Waals surface area contributed by atoms with Crippen LogP contribution >= 0.6 is 38.5 Å². The van der Waals surface area contributed by atoms with E-state index in [-0.39, 0.29) is 0 Å². The van der Waals surface area contributed by atoms with Crippen LogP contribution in [-0.4, -0.2) is 7.11 Å². The third-order valence-electron chi connectivity index (χ3n) is 1.30. The normalized spacial score (nSPS) is 9.73. The van der Waals surface area contributed by atoms with Crippen molar-refractivity contribution in [2.75, 3.05) is 12.8 Å². The molecule has 0 atom stereocenters. The third kappa shape index (κ3) is 1.79. The second-order valence-electron chi connectivity index (χ2n) is 1.98. The maximum absolute atomic E-state index is 5.72. The Bertz CT molecular complexity index is 277. The largest absolute Gasteiger partial charge is 0.493 e. The van der Waals surface area contributed by atoms with Crippen LogP contribution in [0, 0.1) is 3.57 Å². The van der Waals surface area contributed by atoms with E-state index in [2.05, 4.69) is 38.5 Å². The Morgan fingerprint density at radius 3 is 2.64 bits per heavy atom. The van der Waals surface area contributed by atoms with Crippen LogP contribution in [0.15, 0.2) is 16.6 Å². The maximum atomic E-state index is 5.72. The molecule has 60 valence electrons. The fraction of sp³-hybridized carbons (Fsp3) is 0.143. The van der Waals surface area contributed by atoms with Gasteiger partial charge in [-0.15, -0.1) is 0 Å². The van der Waals surface area contributed by atoms with Crippen LogP contribution in [0.2, 0.25) is 0 Å². The van der Waals surface area contributed by atoms with E-state index in [0.29, 0.717) is 5.69 Å². The van der Waals surface area contributed by atoms with Crippen molar-refractivity contribution in [1.29, 1.82) is 0 Å². The Hall–Kier alpha value is 0.0300. The van der Waals surface area contributed by atoms with Gasteiger partial charge < -0.3 is 10.5 Å². The molecule has 0 amide bonds. The molecule has 0 aliphatic heterocycles. The number of hydrogen-bond acceptors (Lipinski definition) is 2. The second kappa shape index (κ2) is 3.62. The lowest BCUT2D eigenvalue weighted by Crippen LogP contribution is -1.95. The molecule has 0 aromatic heterocycles. The summed E-state index contributed by atoms with van der Waals surface area (Å²) in [6.45, 7) is 0. The summed E-state index contributed by atoms with van der Waals surface area (Å²) < 4.78 is 6.98. The van der Waals surface area contributed by atoms with E-state index in [9.17, 15) is 0 Å². The molecular formula is C7H7BrINO. The first-order chi connectivity index (χ1) is 5.16. The zero-order valence-corrected chi connectivity index (χ0v) is 9.64. The fourth-order valence-corrected chi connectivity index (χ4v) is 1.76. The molecule has 0 heterocycles. The van der Waals surface area contributed by atoms with Gasteiger partial charge in [0.25, 0.3) is 0 Å². The van der Waals surface area contributed by atoms with Crippen LogP contribution in [0.4, 0.5) is 5.69 Å². The predicted molar refractivity (Wildman–Crippen MR) is 57.8 cm³/mol. The van der Waals surface area contributed by atoms with Gasteiger partial charge in [0, 0.05) is 4.47 Å².